The number of hydrogen-bond donors (Lipinski definition) is 1. The van der Waals surface area contributed by atoms with Crippen LogP contribution in [0.5, 0.6) is 0 Å². The lowest BCUT2D eigenvalue weighted by Gasteiger charge is -2.36. The molecule has 0 aliphatic carbocycles. The third-order valence-electron chi connectivity index (χ3n) is 8.50. The molecule has 2 heterocycles. The number of rotatable bonds is 8. The van der Waals surface area contributed by atoms with Crippen LogP contribution in [0.3, 0.4) is 0 Å². The SMILES string of the molecule is CSc1ccc(C(=O)C2C(c3ccccc3)C(C(=O)N3CCNCC3)N(C(=O)CC(C)C)C2c2ccc(C)cc2)cc1. The molecule has 42 heavy (non-hydrogen) atoms. The van der Waals surface area contributed by atoms with Crippen LogP contribution in [0.25, 0.3) is 0 Å². The average molecular weight is 584 g/mol. The van der Waals surface area contributed by atoms with E-state index in [1.807, 2.05) is 111 Å². The first kappa shape index (κ1) is 30.1. The second-order valence-corrected chi connectivity index (χ2v) is 12.7. The van der Waals surface area contributed by atoms with Crippen molar-refractivity contribution in [3.8, 4) is 0 Å². The molecule has 220 valence electrons. The molecule has 2 saturated heterocycles. The summed E-state index contributed by atoms with van der Waals surface area (Å²) >= 11 is 1.63. The Hall–Kier alpha value is -3.42. The smallest absolute Gasteiger partial charge is 0.246 e. The van der Waals surface area contributed by atoms with Crippen molar-refractivity contribution in [2.75, 3.05) is 32.4 Å². The second-order valence-electron chi connectivity index (χ2n) is 11.8. The van der Waals surface area contributed by atoms with Gasteiger partial charge in [-0.1, -0.05) is 86.1 Å². The molecule has 2 aliphatic rings. The summed E-state index contributed by atoms with van der Waals surface area (Å²) in [6.07, 6.45) is 2.32. The Bertz CT molecular complexity index is 1390. The fourth-order valence-electron chi connectivity index (χ4n) is 6.47. The highest BCUT2D eigenvalue weighted by molar-refractivity contribution is 7.98. The van der Waals surface area contributed by atoms with E-state index in [1.165, 1.54) is 0 Å². The maximum Gasteiger partial charge on any atom is 0.246 e. The largest absolute Gasteiger partial charge is 0.338 e. The number of Topliss-reactive ketones (excluding diaryl/α,β-unsaturated/α-hetero) is 1. The van der Waals surface area contributed by atoms with Crippen molar-refractivity contribution >= 4 is 29.4 Å². The number of benzene rings is 3. The number of likely N-dealkylation sites (tertiary alicyclic amines) is 1. The molecule has 6 nitrogen and oxygen atoms in total. The third kappa shape index (κ3) is 6.18. The Labute approximate surface area is 253 Å². The van der Waals surface area contributed by atoms with Gasteiger partial charge in [-0.2, -0.15) is 0 Å². The van der Waals surface area contributed by atoms with Gasteiger partial charge in [-0.05, 0) is 42.4 Å². The number of amides is 2. The number of nitrogens with one attached hydrogen (secondary N) is 1. The van der Waals surface area contributed by atoms with Gasteiger partial charge in [0, 0.05) is 49.0 Å². The van der Waals surface area contributed by atoms with Crippen molar-refractivity contribution in [1.82, 2.24) is 15.1 Å². The Morgan fingerprint density at radius 2 is 1.52 bits per heavy atom. The minimum atomic E-state index is -0.789. The van der Waals surface area contributed by atoms with Gasteiger partial charge < -0.3 is 15.1 Å². The number of ketones is 1. The Morgan fingerprint density at radius 3 is 2.12 bits per heavy atom. The molecule has 4 unspecified atom stereocenters. The maximum absolute atomic E-state index is 14.7. The van der Waals surface area contributed by atoms with Gasteiger partial charge in [0.2, 0.25) is 11.8 Å². The number of aryl methyl sites for hydroxylation is 1. The number of carbonyl (C=O) groups excluding carboxylic acids is 3. The molecule has 1 N–H and O–H groups in total. The molecule has 4 atom stereocenters. The van der Waals surface area contributed by atoms with E-state index in [2.05, 4.69) is 5.32 Å². The van der Waals surface area contributed by atoms with Crippen LogP contribution < -0.4 is 5.32 Å². The topological polar surface area (TPSA) is 69.7 Å². The van der Waals surface area contributed by atoms with E-state index in [0.29, 0.717) is 38.2 Å². The maximum atomic E-state index is 14.7. The number of hydrogen-bond acceptors (Lipinski definition) is 5. The molecule has 0 bridgehead atoms. The molecular formula is C35H41N3O3S. The van der Waals surface area contributed by atoms with Crippen molar-refractivity contribution in [3.05, 3.63) is 101 Å². The molecule has 5 rings (SSSR count). The zero-order valence-electron chi connectivity index (χ0n) is 25.0. The normalized spacial score (nSPS) is 22.4. The molecule has 0 radical (unpaired) electrons. The molecule has 2 aliphatic heterocycles. The highest BCUT2D eigenvalue weighted by atomic mass is 32.2. The summed E-state index contributed by atoms with van der Waals surface area (Å²) in [7, 11) is 0. The number of thioether (sulfide) groups is 1. The van der Waals surface area contributed by atoms with Crippen LogP contribution in [-0.2, 0) is 9.59 Å². The minimum absolute atomic E-state index is 0.0416. The van der Waals surface area contributed by atoms with E-state index in [0.717, 1.165) is 21.6 Å². The zero-order valence-corrected chi connectivity index (χ0v) is 25.8. The van der Waals surface area contributed by atoms with Crippen LogP contribution in [0.4, 0.5) is 0 Å². The van der Waals surface area contributed by atoms with Gasteiger partial charge in [0.25, 0.3) is 0 Å². The monoisotopic (exact) mass is 583 g/mol. The fourth-order valence-corrected chi connectivity index (χ4v) is 6.88. The van der Waals surface area contributed by atoms with Crippen LogP contribution in [0.2, 0.25) is 0 Å². The second kappa shape index (κ2) is 13.3. The standard InChI is InChI=1S/C35H41N3O3S/c1-23(2)22-29(39)38-32(26-12-10-24(3)11-13-26)31(34(40)27-14-16-28(42-4)17-15-27)30(25-8-6-5-7-9-25)33(38)35(41)37-20-18-36-19-21-37/h5-17,23,30-33,36H,18-22H2,1-4H3. The van der Waals surface area contributed by atoms with Crippen molar-refractivity contribution in [2.45, 2.75) is 50.1 Å². The van der Waals surface area contributed by atoms with Crippen molar-refractivity contribution in [3.63, 3.8) is 0 Å². The number of nitrogens with zero attached hydrogens (tertiary/aromatic N) is 2. The molecule has 3 aromatic carbocycles. The summed E-state index contributed by atoms with van der Waals surface area (Å²) in [5.74, 6) is -1.23. The van der Waals surface area contributed by atoms with Crippen LogP contribution in [0, 0.1) is 18.8 Å². The van der Waals surface area contributed by atoms with Gasteiger partial charge in [-0.15, -0.1) is 11.8 Å². The highest BCUT2D eigenvalue weighted by Crippen LogP contribution is 2.52. The van der Waals surface area contributed by atoms with Crippen LogP contribution in [-0.4, -0.2) is 65.9 Å². The minimum Gasteiger partial charge on any atom is -0.338 e. The van der Waals surface area contributed by atoms with Crippen molar-refractivity contribution in [2.24, 2.45) is 11.8 Å². The van der Waals surface area contributed by atoms with E-state index in [-0.39, 0.29) is 23.5 Å². The highest BCUT2D eigenvalue weighted by Gasteiger charge is 2.57. The van der Waals surface area contributed by atoms with E-state index in [9.17, 15) is 14.4 Å². The molecule has 0 spiro atoms. The predicted octanol–water partition coefficient (Wildman–Crippen LogP) is 5.73. The van der Waals surface area contributed by atoms with Crippen molar-refractivity contribution < 1.29 is 14.4 Å². The number of piperazine rings is 1. The molecule has 3 aromatic rings. The lowest BCUT2D eigenvalue weighted by Crippen LogP contribution is -2.55. The summed E-state index contributed by atoms with van der Waals surface area (Å²) in [6, 6.07) is 24.3. The van der Waals surface area contributed by atoms with Crippen LogP contribution in [0.1, 0.15) is 59.3 Å². The summed E-state index contributed by atoms with van der Waals surface area (Å²) in [5, 5.41) is 3.33. The first-order valence-corrected chi connectivity index (χ1v) is 16.1. The van der Waals surface area contributed by atoms with E-state index >= 15 is 0 Å². The first-order valence-electron chi connectivity index (χ1n) is 14.9. The van der Waals surface area contributed by atoms with Gasteiger partial charge in [-0.3, -0.25) is 14.4 Å². The fraction of sp³-hybridized carbons (Fsp3) is 0.400. The van der Waals surface area contributed by atoms with Crippen LogP contribution >= 0.6 is 11.8 Å². The van der Waals surface area contributed by atoms with E-state index in [4.69, 9.17) is 0 Å². The molecule has 0 aromatic heterocycles. The van der Waals surface area contributed by atoms with E-state index < -0.39 is 23.9 Å². The Balaban J connectivity index is 1.73. The molecular weight excluding hydrogens is 542 g/mol. The first-order chi connectivity index (χ1) is 20.3. The van der Waals surface area contributed by atoms with Gasteiger partial charge in [0.05, 0.1) is 12.0 Å². The molecule has 0 saturated carbocycles. The Morgan fingerprint density at radius 1 is 0.881 bits per heavy atom. The average Bonchev–Trinajstić information content (AvgIpc) is 3.37. The summed E-state index contributed by atoms with van der Waals surface area (Å²) in [5.41, 5.74) is 3.48. The zero-order chi connectivity index (χ0) is 29.8. The van der Waals surface area contributed by atoms with Gasteiger partial charge in [-0.25, -0.2) is 0 Å². The Kier molecular flexibility index (Phi) is 9.49. The van der Waals surface area contributed by atoms with Crippen molar-refractivity contribution in [1.29, 1.82) is 0 Å². The van der Waals surface area contributed by atoms with Gasteiger partial charge in [0.1, 0.15) is 6.04 Å². The lowest BCUT2D eigenvalue weighted by molar-refractivity contribution is -0.146. The number of carbonyl (C=O) groups is 3. The predicted molar refractivity (Wildman–Crippen MR) is 169 cm³/mol. The van der Waals surface area contributed by atoms with Crippen LogP contribution in [0.15, 0.2) is 83.8 Å². The lowest BCUT2D eigenvalue weighted by atomic mass is 9.76. The molecule has 7 heteroatoms. The van der Waals surface area contributed by atoms with Gasteiger partial charge in [0.15, 0.2) is 5.78 Å². The third-order valence-corrected chi connectivity index (χ3v) is 9.24. The van der Waals surface area contributed by atoms with Gasteiger partial charge >= 0.3 is 0 Å². The quantitative estimate of drug-likeness (QED) is 0.271. The van der Waals surface area contributed by atoms with E-state index in [1.54, 1.807) is 16.7 Å². The summed E-state index contributed by atoms with van der Waals surface area (Å²) < 4.78 is 0. The summed E-state index contributed by atoms with van der Waals surface area (Å²) in [6.45, 7) is 8.64. The molecule has 2 fully saturated rings. The molecule has 2 amide bonds. The summed E-state index contributed by atoms with van der Waals surface area (Å²) in [4.78, 5) is 48.4.